The Hall–Kier alpha value is -4.75. The molecular weight excluding hydrogens is 676 g/mol. The number of aliphatic carboxylic acids is 1. The Morgan fingerprint density at radius 3 is 2.04 bits per heavy atom. The number of carbonyl (C=O) groups excluding carboxylic acids is 5. The first-order valence-corrected chi connectivity index (χ1v) is 16.4. The number of carbonyl (C=O) groups is 6. The molecule has 15 N–H and O–H groups in total. The fraction of sp³-hybridized carbons (Fsp3) is 0.438. The van der Waals surface area contributed by atoms with E-state index >= 15 is 0 Å². The number of hydrogen-bond donors (Lipinski definition) is 7. The number of aromatic hydroxyl groups is 1. The number of amides is 5. The third kappa shape index (κ3) is 16.6. The Morgan fingerprint density at radius 1 is 0.900 bits per heavy atom. The molecule has 0 saturated carbocycles. The summed E-state index contributed by atoms with van der Waals surface area (Å²) in [7, 11) is 0. The highest BCUT2D eigenvalue weighted by Crippen LogP contribution is 2.19. The molecule has 0 aromatic heterocycles. The quantitative estimate of drug-likeness (QED) is 0.101. The van der Waals surface area contributed by atoms with E-state index < -0.39 is 66.2 Å². The average molecular weight is 727 g/mol. The van der Waals surface area contributed by atoms with Gasteiger partial charge in [-0.25, -0.2) is 0 Å². The maximum Gasteiger partial charge on any atom is 0.300 e. The van der Waals surface area contributed by atoms with Crippen LogP contribution in [0.5, 0.6) is 5.75 Å². The maximum atomic E-state index is 13.4. The van der Waals surface area contributed by atoms with Crippen LogP contribution in [0.2, 0.25) is 0 Å². The van der Waals surface area contributed by atoms with Gasteiger partial charge in [-0.3, -0.25) is 28.8 Å². The SMILES string of the molecule is CC(=O)O.CSCC[C@@H](NC(=O)C(N)Cc1ccc(O)cc1)C(=O)NCC(=O)N[C@@H](Cc1ccccc1)C(=O)N1CCC[C@H]1C(N)=O.O.O.O. The third-order valence-corrected chi connectivity index (χ3v) is 7.82. The van der Waals surface area contributed by atoms with Crippen molar-refractivity contribution in [3.05, 3.63) is 65.7 Å². The fourth-order valence-electron chi connectivity index (χ4n) is 4.87. The zero-order valence-corrected chi connectivity index (χ0v) is 28.8. The number of nitrogens with one attached hydrogen (secondary N) is 3. The van der Waals surface area contributed by atoms with E-state index in [-0.39, 0.29) is 35.0 Å². The van der Waals surface area contributed by atoms with Crippen LogP contribution >= 0.6 is 11.8 Å². The highest BCUT2D eigenvalue weighted by molar-refractivity contribution is 7.98. The number of likely N-dealkylation sites (tertiary alicyclic amines) is 1. The molecule has 1 heterocycles. The van der Waals surface area contributed by atoms with Gasteiger partial charge in [0.2, 0.25) is 29.5 Å². The van der Waals surface area contributed by atoms with E-state index in [1.165, 1.54) is 28.8 Å². The first-order chi connectivity index (χ1) is 22.3. The summed E-state index contributed by atoms with van der Waals surface area (Å²) in [6.07, 6.45) is 3.66. The van der Waals surface area contributed by atoms with Gasteiger partial charge in [0.15, 0.2) is 0 Å². The van der Waals surface area contributed by atoms with Crippen molar-refractivity contribution in [2.45, 2.75) is 63.2 Å². The van der Waals surface area contributed by atoms with Crippen molar-refractivity contribution in [1.29, 1.82) is 0 Å². The van der Waals surface area contributed by atoms with Crippen molar-refractivity contribution in [3.63, 3.8) is 0 Å². The van der Waals surface area contributed by atoms with Crippen molar-refractivity contribution < 1.29 is 55.4 Å². The van der Waals surface area contributed by atoms with Gasteiger partial charge in [-0.05, 0) is 61.0 Å². The predicted octanol–water partition coefficient (Wildman–Crippen LogP) is -2.56. The topological polar surface area (TPSA) is 329 Å². The van der Waals surface area contributed by atoms with E-state index in [1.54, 1.807) is 12.1 Å². The normalized spacial score (nSPS) is 14.7. The zero-order chi connectivity index (χ0) is 34.9. The number of phenols is 1. The van der Waals surface area contributed by atoms with Crippen LogP contribution in [0.1, 0.15) is 37.3 Å². The van der Waals surface area contributed by atoms with Crippen molar-refractivity contribution >= 4 is 47.3 Å². The Balaban J connectivity index is 0. The molecule has 3 rings (SSSR count). The summed E-state index contributed by atoms with van der Waals surface area (Å²) in [4.78, 5) is 74.5. The Labute approximate surface area is 294 Å². The molecule has 2 aromatic rings. The molecule has 1 fully saturated rings. The second kappa shape index (κ2) is 24.4. The summed E-state index contributed by atoms with van der Waals surface area (Å²) in [6.45, 7) is 1.01. The molecule has 2 aromatic carbocycles. The summed E-state index contributed by atoms with van der Waals surface area (Å²) < 4.78 is 0. The minimum Gasteiger partial charge on any atom is -0.508 e. The number of primary amides is 1. The first-order valence-electron chi connectivity index (χ1n) is 15.1. The van der Waals surface area contributed by atoms with Crippen LogP contribution in [-0.2, 0) is 41.6 Å². The van der Waals surface area contributed by atoms with Crippen LogP contribution in [0.15, 0.2) is 54.6 Å². The molecule has 0 aliphatic carbocycles. The van der Waals surface area contributed by atoms with Crippen LogP contribution in [0.3, 0.4) is 0 Å². The highest BCUT2D eigenvalue weighted by Gasteiger charge is 2.36. The Bertz CT molecular complexity index is 1360. The molecule has 280 valence electrons. The number of carboxylic acid groups (broad SMARTS) is 1. The largest absolute Gasteiger partial charge is 0.508 e. The van der Waals surface area contributed by atoms with E-state index in [4.69, 9.17) is 21.4 Å². The number of phenolic OH excluding ortho intramolecular Hbond substituents is 1. The number of carboxylic acids is 1. The predicted molar refractivity (Wildman–Crippen MR) is 188 cm³/mol. The molecule has 0 radical (unpaired) electrons. The lowest BCUT2D eigenvalue weighted by Gasteiger charge is -2.28. The number of nitrogens with zero attached hydrogens (tertiary/aromatic N) is 1. The Morgan fingerprint density at radius 2 is 1.48 bits per heavy atom. The van der Waals surface area contributed by atoms with Crippen molar-refractivity contribution in [2.75, 3.05) is 25.1 Å². The molecule has 0 bridgehead atoms. The van der Waals surface area contributed by atoms with Gasteiger partial charge in [0, 0.05) is 19.9 Å². The number of thioether (sulfide) groups is 1. The van der Waals surface area contributed by atoms with Gasteiger partial charge >= 0.3 is 0 Å². The van der Waals surface area contributed by atoms with Gasteiger partial charge in [-0.1, -0.05) is 42.5 Å². The molecule has 17 nitrogen and oxygen atoms in total. The fourth-order valence-corrected chi connectivity index (χ4v) is 5.35. The number of benzene rings is 2. The minimum atomic E-state index is -0.975. The summed E-state index contributed by atoms with van der Waals surface area (Å²) in [5.41, 5.74) is 13.1. The van der Waals surface area contributed by atoms with E-state index in [2.05, 4.69) is 16.0 Å². The minimum absolute atomic E-state index is 0. The number of rotatable bonds is 15. The van der Waals surface area contributed by atoms with E-state index in [1.807, 2.05) is 36.6 Å². The van der Waals surface area contributed by atoms with Gasteiger partial charge in [-0.15, -0.1) is 0 Å². The van der Waals surface area contributed by atoms with Gasteiger partial charge in [0.1, 0.15) is 23.9 Å². The molecule has 0 spiro atoms. The van der Waals surface area contributed by atoms with Crippen LogP contribution in [0.25, 0.3) is 0 Å². The standard InChI is InChI=1S/C30H40N6O6S.C2H4O2.3H2O/c1-43-15-13-23(35-28(40)22(31)16-20-9-11-21(37)12-10-20)29(41)33-18-26(38)34-24(17-19-6-3-2-4-7-19)30(42)36-14-5-8-25(36)27(32)39;1-2(3)4;;;/h2-4,6-7,9-12,22-25,37H,5,8,13-18,31H2,1H3,(H2,32,39)(H,33,41)(H,34,38)(H,35,40);1H3,(H,3,4);3*1H2/t22?,23-,24+,25+;;;;/m1..../s1. The number of hydrogen-bond acceptors (Lipinski definition) is 9. The summed E-state index contributed by atoms with van der Waals surface area (Å²) in [5, 5.41) is 24.8. The van der Waals surface area contributed by atoms with Gasteiger partial charge in [0.25, 0.3) is 5.97 Å². The molecular formula is C32H50N6O11S. The van der Waals surface area contributed by atoms with Crippen molar-refractivity contribution in [1.82, 2.24) is 20.9 Å². The first kappa shape index (κ1) is 47.4. The van der Waals surface area contributed by atoms with E-state index in [9.17, 15) is 29.1 Å². The van der Waals surface area contributed by atoms with Gasteiger partial charge in [-0.2, -0.15) is 11.8 Å². The molecule has 4 atom stereocenters. The lowest BCUT2D eigenvalue weighted by molar-refractivity contribution is -0.140. The lowest BCUT2D eigenvalue weighted by Crippen LogP contribution is -2.56. The molecule has 18 heteroatoms. The molecule has 1 saturated heterocycles. The molecule has 1 unspecified atom stereocenters. The van der Waals surface area contributed by atoms with Crippen molar-refractivity contribution in [2.24, 2.45) is 11.5 Å². The molecule has 1 aliphatic heterocycles. The summed E-state index contributed by atoms with van der Waals surface area (Å²) in [6, 6.07) is 11.9. The Kier molecular flexibility index (Phi) is 23.1. The van der Waals surface area contributed by atoms with Gasteiger partial charge < -0.3 is 59.0 Å². The smallest absolute Gasteiger partial charge is 0.300 e. The molecule has 5 amide bonds. The van der Waals surface area contributed by atoms with E-state index in [0.29, 0.717) is 31.6 Å². The third-order valence-electron chi connectivity index (χ3n) is 7.18. The van der Waals surface area contributed by atoms with Crippen LogP contribution in [0.4, 0.5) is 0 Å². The number of nitrogens with two attached hydrogens (primary N) is 2. The molecule has 1 aliphatic rings. The monoisotopic (exact) mass is 726 g/mol. The summed E-state index contributed by atoms with van der Waals surface area (Å²) in [5.74, 6) is -2.86. The molecule has 50 heavy (non-hydrogen) atoms. The second-order valence-corrected chi connectivity index (χ2v) is 11.9. The van der Waals surface area contributed by atoms with Crippen LogP contribution in [0, 0.1) is 0 Å². The lowest BCUT2D eigenvalue weighted by atomic mass is 10.0. The van der Waals surface area contributed by atoms with Crippen LogP contribution < -0.4 is 27.4 Å². The average Bonchev–Trinajstić information content (AvgIpc) is 3.53. The van der Waals surface area contributed by atoms with Crippen LogP contribution in [-0.4, -0.2) is 116 Å². The van der Waals surface area contributed by atoms with Crippen molar-refractivity contribution in [3.8, 4) is 5.75 Å². The zero-order valence-electron chi connectivity index (χ0n) is 28.0. The maximum absolute atomic E-state index is 13.4. The summed E-state index contributed by atoms with van der Waals surface area (Å²) >= 11 is 1.50. The highest BCUT2D eigenvalue weighted by atomic mass is 32.2. The van der Waals surface area contributed by atoms with Gasteiger partial charge in [0.05, 0.1) is 12.6 Å². The van der Waals surface area contributed by atoms with E-state index in [0.717, 1.165) is 18.1 Å². The second-order valence-electron chi connectivity index (χ2n) is 11.0.